The molecule has 1 aliphatic carbocycles. The lowest BCUT2D eigenvalue weighted by Gasteiger charge is -2.32. The van der Waals surface area contributed by atoms with Crippen molar-refractivity contribution in [3.05, 3.63) is 107 Å². The molecule has 166 valence electrons. The first-order valence-corrected chi connectivity index (χ1v) is 11.2. The molecule has 0 radical (unpaired) electrons. The molecule has 1 heterocycles. The normalized spacial score (nSPS) is 19.5. The molecule has 4 amide bonds. The Bertz CT molecular complexity index is 1160. The Labute approximate surface area is 192 Å². The van der Waals surface area contributed by atoms with Crippen molar-refractivity contribution in [1.82, 2.24) is 15.5 Å². The number of nitrogens with one attached hydrogen (secondary N) is 2. The Morgan fingerprint density at radius 2 is 1.45 bits per heavy atom. The first-order chi connectivity index (χ1) is 16.1. The first kappa shape index (κ1) is 20.9. The maximum absolute atomic E-state index is 13.3. The van der Waals surface area contributed by atoms with Crippen LogP contribution >= 0.6 is 0 Å². The van der Waals surface area contributed by atoms with Crippen LogP contribution in [0.4, 0.5) is 4.79 Å². The summed E-state index contributed by atoms with van der Waals surface area (Å²) in [6.07, 6.45) is 1.69. The number of carbonyl (C=O) groups excluding carboxylic acids is 3. The number of amides is 4. The van der Waals surface area contributed by atoms with Crippen molar-refractivity contribution in [2.24, 2.45) is 0 Å². The minimum Gasteiger partial charge on any atom is -0.344 e. The number of carbonyl (C=O) groups is 3. The minimum absolute atomic E-state index is 0.315. The molecule has 33 heavy (non-hydrogen) atoms. The number of hydrogen-bond acceptors (Lipinski definition) is 3. The van der Waals surface area contributed by atoms with Gasteiger partial charge in [-0.25, -0.2) is 4.79 Å². The van der Waals surface area contributed by atoms with E-state index in [4.69, 9.17) is 0 Å². The van der Waals surface area contributed by atoms with Gasteiger partial charge in [-0.1, -0.05) is 84.9 Å². The fourth-order valence-corrected chi connectivity index (χ4v) is 4.84. The van der Waals surface area contributed by atoms with Crippen molar-refractivity contribution in [1.29, 1.82) is 0 Å². The molecule has 5 rings (SSSR count). The zero-order valence-corrected chi connectivity index (χ0v) is 18.2. The van der Waals surface area contributed by atoms with E-state index < -0.39 is 11.6 Å². The third kappa shape index (κ3) is 4.00. The largest absolute Gasteiger partial charge is 0.344 e. The van der Waals surface area contributed by atoms with Gasteiger partial charge in [-0.2, -0.15) is 0 Å². The van der Waals surface area contributed by atoms with Crippen LogP contribution in [0.3, 0.4) is 0 Å². The Balaban J connectivity index is 1.33. The number of fused-ring (bicyclic) bond motifs is 1. The summed E-state index contributed by atoms with van der Waals surface area (Å²) >= 11 is 0. The summed E-state index contributed by atoms with van der Waals surface area (Å²) in [5, 5.41) is 5.90. The Morgan fingerprint density at radius 1 is 0.879 bits per heavy atom. The van der Waals surface area contributed by atoms with Gasteiger partial charge < -0.3 is 10.6 Å². The van der Waals surface area contributed by atoms with Gasteiger partial charge in [-0.3, -0.25) is 14.5 Å². The molecule has 0 bridgehead atoms. The molecule has 1 fully saturated rings. The van der Waals surface area contributed by atoms with Gasteiger partial charge in [0.2, 0.25) is 5.91 Å². The maximum atomic E-state index is 13.3. The second kappa shape index (κ2) is 8.54. The van der Waals surface area contributed by atoms with Crippen molar-refractivity contribution < 1.29 is 14.4 Å². The summed E-state index contributed by atoms with van der Waals surface area (Å²) in [6.45, 7) is -0.315. The fourth-order valence-electron chi connectivity index (χ4n) is 4.84. The molecule has 1 atom stereocenters. The average molecular weight is 440 g/mol. The van der Waals surface area contributed by atoms with Gasteiger partial charge in [0.1, 0.15) is 12.1 Å². The van der Waals surface area contributed by atoms with Gasteiger partial charge in [0.25, 0.3) is 5.91 Å². The van der Waals surface area contributed by atoms with Crippen molar-refractivity contribution in [2.75, 3.05) is 6.54 Å². The number of urea groups is 1. The topological polar surface area (TPSA) is 78.5 Å². The van der Waals surface area contributed by atoms with Crippen molar-refractivity contribution >= 4 is 17.8 Å². The third-order valence-electron chi connectivity index (χ3n) is 6.55. The Kier molecular flexibility index (Phi) is 5.42. The van der Waals surface area contributed by atoms with Crippen LogP contribution in [0.25, 0.3) is 0 Å². The molecule has 0 aromatic heterocycles. The lowest BCUT2D eigenvalue weighted by atomic mass is 9.78. The summed E-state index contributed by atoms with van der Waals surface area (Å²) in [6, 6.07) is 26.4. The van der Waals surface area contributed by atoms with E-state index in [9.17, 15) is 14.4 Å². The molecule has 0 unspecified atom stereocenters. The molecule has 1 spiro atoms. The second-order valence-corrected chi connectivity index (χ2v) is 8.67. The van der Waals surface area contributed by atoms with Crippen molar-refractivity contribution in [3.63, 3.8) is 0 Å². The van der Waals surface area contributed by atoms with E-state index in [1.165, 1.54) is 5.56 Å². The Hall–Kier alpha value is -3.93. The molecular weight excluding hydrogens is 414 g/mol. The second-order valence-electron chi connectivity index (χ2n) is 8.67. The molecule has 2 N–H and O–H groups in total. The van der Waals surface area contributed by atoms with Crippen LogP contribution in [-0.2, 0) is 22.4 Å². The maximum Gasteiger partial charge on any atom is 0.325 e. The number of benzene rings is 3. The highest BCUT2D eigenvalue weighted by atomic mass is 16.2. The van der Waals surface area contributed by atoms with Crippen LogP contribution in [-0.4, -0.2) is 34.8 Å². The third-order valence-corrected chi connectivity index (χ3v) is 6.55. The molecule has 0 saturated carbocycles. The lowest BCUT2D eigenvalue weighted by molar-refractivity contribution is -0.135. The van der Waals surface area contributed by atoms with Crippen LogP contribution in [0.5, 0.6) is 0 Å². The van der Waals surface area contributed by atoms with E-state index in [1.807, 2.05) is 78.9 Å². The highest BCUT2D eigenvalue weighted by molar-refractivity contribution is 6.09. The smallest absolute Gasteiger partial charge is 0.325 e. The highest BCUT2D eigenvalue weighted by Gasteiger charge is 2.52. The molecule has 1 saturated heterocycles. The fraction of sp³-hybridized carbons (Fsp3) is 0.222. The van der Waals surface area contributed by atoms with Crippen LogP contribution in [0.1, 0.15) is 34.7 Å². The summed E-state index contributed by atoms with van der Waals surface area (Å²) < 4.78 is 0. The van der Waals surface area contributed by atoms with Crippen molar-refractivity contribution in [3.8, 4) is 0 Å². The van der Waals surface area contributed by atoms with E-state index in [2.05, 4.69) is 16.7 Å². The molecular formula is C27H25N3O3. The number of imide groups is 1. The number of hydrogen-bond donors (Lipinski definition) is 2. The van der Waals surface area contributed by atoms with Gasteiger partial charge in [-0.15, -0.1) is 0 Å². The molecule has 3 aromatic rings. The van der Waals surface area contributed by atoms with E-state index in [1.54, 1.807) is 0 Å². The van der Waals surface area contributed by atoms with Crippen LogP contribution in [0, 0.1) is 0 Å². The predicted octanol–water partition coefficient (Wildman–Crippen LogP) is 3.37. The highest BCUT2D eigenvalue weighted by Crippen LogP contribution is 2.33. The number of rotatable bonds is 5. The number of aryl methyl sites for hydroxylation is 1. The summed E-state index contributed by atoms with van der Waals surface area (Å²) in [7, 11) is 0. The first-order valence-electron chi connectivity index (χ1n) is 11.2. The predicted molar refractivity (Wildman–Crippen MR) is 124 cm³/mol. The van der Waals surface area contributed by atoms with Gasteiger partial charge in [0.05, 0.1) is 6.04 Å². The SMILES string of the molecule is O=C(CN1C(=O)N[C@@]2(CCc3ccccc3C2)C1=O)NC(c1ccccc1)c1ccccc1. The molecule has 6 nitrogen and oxygen atoms in total. The van der Waals surface area contributed by atoms with Crippen LogP contribution in [0.15, 0.2) is 84.9 Å². The van der Waals surface area contributed by atoms with Gasteiger partial charge in [0.15, 0.2) is 0 Å². The molecule has 2 aliphatic rings. The van der Waals surface area contributed by atoms with E-state index in [0.29, 0.717) is 19.3 Å². The molecule has 1 aliphatic heterocycles. The lowest BCUT2D eigenvalue weighted by Crippen LogP contribution is -2.51. The Morgan fingerprint density at radius 3 is 2.09 bits per heavy atom. The molecule has 6 heteroatoms. The quantitative estimate of drug-likeness (QED) is 0.599. The monoisotopic (exact) mass is 439 g/mol. The average Bonchev–Trinajstić information content (AvgIpc) is 3.07. The standard InChI is InChI=1S/C27H25N3O3/c31-23(28-24(20-10-3-1-4-11-20)21-12-5-2-6-13-21)18-30-25(32)27(29-26(30)33)16-15-19-9-7-8-14-22(19)17-27/h1-14,24H,15-18H2,(H,28,31)(H,29,33)/t27-/m1/s1. The summed E-state index contributed by atoms with van der Waals surface area (Å²) in [5.41, 5.74) is 3.15. The van der Waals surface area contributed by atoms with Gasteiger partial charge in [0, 0.05) is 6.42 Å². The summed E-state index contributed by atoms with van der Waals surface area (Å²) in [4.78, 5) is 40.2. The van der Waals surface area contributed by atoms with E-state index >= 15 is 0 Å². The zero-order chi connectivity index (χ0) is 22.8. The van der Waals surface area contributed by atoms with E-state index in [0.717, 1.165) is 21.6 Å². The van der Waals surface area contributed by atoms with Gasteiger partial charge >= 0.3 is 6.03 Å². The van der Waals surface area contributed by atoms with Crippen molar-refractivity contribution in [2.45, 2.75) is 30.8 Å². The summed E-state index contributed by atoms with van der Waals surface area (Å²) in [5.74, 6) is -0.711. The van der Waals surface area contributed by atoms with E-state index in [-0.39, 0.29) is 24.4 Å². The zero-order valence-electron chi connectivity index (χ0n) is 18.2. The van der Waals surface area contributed by atoms with Crippen LogP contribution in [0.2, 0.25) is 0 Å². The number of nitrogens with zero attached hydrogens (tertiary/aromatic N) is 1. The minimum atomic E-state index is -0.968. The van der Waals surface area contributed by atoms with Gasteiger partial charge in [-0.05, 0) is 35.1 Å². The molecule has 3 aromatic carbocycles. The van der Waals surface area contributed by atoms with Crippen LogP contribution < -0.4 is 10.6 Å².